The SMILES string of the molecule is FC(F)(F)c1cc([B-](c2cc(C(F)(F)F)cc(C(F)(F)F)c2)(c2cc(C(F)(F)F)cc(C(F)(F)F)c2)c2cc(C(F)(F)F)cc(C(F)(F)F)c2)cc(C(F)(F)F)c1.O=C(O)c1cc[n+](CC(=O)c2ccccc2)cc1. The molecule has 1 N–H and O–H groups in total. The third kappa shape index (κ3) is 13.7. The topological polar surface area (TPSA) is 58.2 Å². The van der Waals surface area contributed by atoms with Crippen LogP contribution in [0.2, 0.25) is 0 Å². The van der Waals surface area contributed by atoms with E-state index in [0.717, 1.165) is 0 Å². The van der Waals surface area contributed by atoms with Crippen LogP contribution in [0.15, 0.2) is 128 Å². The fourth-order valence-corrected chi connectivity index (χ4v) is 7.66. The first-order valence-electron chi connectivity index (χ1n) is 20.1. The van der Waals surface area contributed by atoms with Gasteiger partial charge in [-0.2, -0.15) is 132 Å². The Morgan fingerprint density at radius 2 is 0.573 bits per heavy atom. The predicted octanol–water partition coefficient (Wildman–Crippen LogP) is 12.8. The standard InChI is InChI=1S/C32H12BF24.C14H11NO3/c34-25(35,36)13-1-14(26(37,38)39)6-21(5-13)33(22-7-15(27(40,41)42)2-16(8-22)28(43,44)45,23-9-17(29(46,47)48)3-18(10-23)30(49,50)51)24-11-19(31(52,53)54)4-20(12-24)32(55,56)57;16-13(11-4-2-1-3-5-11)10-15-8-6-12(7-9-15)14(17)18/h1-12H;1-9H,10H2/q-1;/p+1. The number of ketones is 1. The van der Waals surface area contributed by atoms with Crippen molar-refractivity contribution >= 4 is 39.7 Å². The van der Waals surface area contributed by atoms with E-state index in [4.69, 9.17) is 5.11 Å². The normalized spacial score (nSPS) is 13.3. The summed E-state index contributed by atoms with van der Waals surface area (Å²) in [5.74, 6) is -0.986. The van der Waals surface area contributed by atoms with Gasteiger partial charge in [0.05, 0.1) is 50.1 Å². The van der Waals surface area contributed by atoms with Crippen molar-refractivity contribution in [3.63, 3.8) is 0 Å². The van der Waals surface area contributed by atoms with Crippen molar-refractivity contribution in [3.05, 3.63) is 183 Å². The van der Waals surface area contributed by atoms with Gasteiger partial charge in [-0.05, 0) is 24.3 Å². The molecule has 75 heavy (non-hydrogen) atoms. The first kappa shape index (κ1) is 58.7. The lowest BCUT2D eigenvalue weighted by molar-refractivity contribution is -0.683. The van der Waals surface area contributed by atoms with Gasteiger partial charge in [-0.1, -0.05) is 78.9 Å². The maximum atomic E-state index is 14.2. The molecule has 0 aliphatic rings. The van der Waals surface area contributed by atoms with Crippen LogP contribution in [0, 0.1) is 0 Å². The molecule has 0 aliphatic heterocycles. The van der Waals surface area contributed by atoms with Gasteiger partial charge in [-0.25, -0.2) is 4.79 Å². The van der Waals surface area contributed by atoms with E-state index in [-0.39, 0.29) is 17.9 Å². The molecule has 0 aliphatic carbocycles. The first-order chi connectivity index (χ1) is 33.9. The zero-order valence-electron chi connectivity index (χ0n) is 36.2. The van der Waals surface area contributed by atoms with Crippen LogP contribution in [-0.4, -0.2) is 23.0 Å². The highest BCUT2D eigenvalue weighted by Crippen LogP contribution is 2.41. The Balaban J connectivity index is 0.000000483. The minimum Gasteiger partial charge on any atom is -0.478 e. The number of hydrogen-bond donors (Lipinski definition) is 1. The van der Waals surface area contributed by atoms with Crippen LogP contribution in [-0.2, 0) is 56.0 Å². The van der Waals surface area contributed by atoms with E-state index in [1.165, 1.54) is 12.1 Å². The van der Waals surface area contributed by atoms with E-state index >= 15 is 0 Å². The molecule has 1 heterocycles. The number of nitrogens with zero attached hydrogens (tertiary/aromatic N) is 1. The lowest BCUT2D eigenvalue weighted by atomic mass is 9.12. The summed E-state index contributed by atoms with van der Waals surface area (Å²) in [4.78, 5) is 22.6. The van der Waals surface area contributed by atoms with Crippen LogP contribution in [0.4, 0.5) is 105 Å². The molecule has 0 radical (unpaired) electrons. The summed E-state index contributed by atoms with van der Waals surface area (Å²) >= 11 is 0. The minimum absolute atomic E-state index is 0.0105. The molecular formula is C46H24BF24NO3. The third-order valence-electron chi connectivity index (χ3n) is 11.0. The fraction of sp³-hybridized carbons (Fsp3) is 0.196. The van der Waals surface area contributed by atoms with Gasteiger partial charge in [0.25, 0.3) is 0 Å². The molecule has 0 atom stereocenters. The Labute approximate surface area is 403 Å². The molecule has 0 spiro atoms. The highest BCUT2D eigenvalue weighted by atomic mass is 19.4. The number of halogens is 24. The maximum Gasteiger partial charge on any atom is 0.416 e. The van der Waals surface area contributed by atoms with Gasteiger partial charge in [-0.15, -0.1) is 0 Å². The second-order valence-corrected chi connectivity index (χ2v) is 16.1. The monoisotopic (exact) mass is 1110 g/mol. The third-order valence-corrected chi connectivity index (χ3v) is 11.0. The van der Waals surface area contributed by atoms with Crippen molar-refractivity contribution in [1.82, 2.24) is 0 Å². The Bertz CT molecular complexity index is 2620. The van der Waals surface area contributed by atoms with Crippen LogP contribution in [0.1, 0.15) is 65.2 Å². The van der Waals surface area contributed by atoms with Crippen LogP contribution in [0.25, 0.3) is 0 Å². The minimum atomic E-state index is -6.13. The maximum absolute atomic E-state index is 14.2. The average molecular weight is 1110 g/mol. The summed E-state index contributed by atoms with van der Waals surface area (Å²) in [6.07, 6.45) is -51.6. The molecule has 5 aromatic carbocycles. The van der Waals surface area contributed by atoms with Gasteiger partial charge >= 0.3 is 55.4 Å². The Morgan fingerprint density at radius 3 is 0.773 bits per heavy atom. The smallest absolute Gasteiger partial charge is 0.416 e. The quantitative estimate of drug-likeness (QED) is 0.0715. The summed E-state index contributed by atoms with van der Waals surface area (Å²) in [5.41, 5.74) is -29.4. The van der Waals surface area contributed by atoms with Crippen LogP contribution in [0.5, 0.6) is 0 Å². The number of alkyl halides is 24. The molecule has 29 heteroatoms. The molecule has 0 amide bonds. The molecule has 0 fully saturated rings. The van der Waals surface area contributed by atoms with Gasteiger partial charge in [0.1, 0.15) is 6.15 Å². The molecule has 0 unspecified atom stereocenters. The number of pyridine rings is 1. The lowest BCUT2D eigenvalue weighted by Crippen LogP contribution is -2.75. The summed E-state index contributed by atoms with van der Waals surface area (Å²) in [6.45, 7) is 0.198. The van der Waals surface area contributed by atoms with E-state index in [1.807, 2.05) is 18.2 Å². The Kier molecular flexibility index (Phi) is 15.8. The number of hydrogen-bond acceptors (Lipinski definition) is 2. The van der Waals surface area contributed by atoms with Crippen molar-refractivity contribution in [3.8, 4) is 0 Å². The number of carboxylic acid groups (broad SMARTS) is 1. The van der Waals surface area contributed by atoms with Gasteiger partial charge in [-0.3, -0.25) is 4.79 Å². The van der Waals surface area contributed by atoms with E-state index < -0.39 is 201 Å². The average Bonchev–Trinajstić information content (AvgIpc) is 3.27. The van der Waals surface area contributed by atoms with Crippen LogP contribution >= 0.6 is 0 Å². The largest absolute Gasteiger partial charge is 0.478 e. The zero-order valence-corrected chi connectivity index (χ0v) is 36.2. The van der Waals surface area contributed by atoms with Crippen molar-refractivity contribution in [2.45, 2.75) is 56.0 Å². The molecule has 0 saturated carbocycles. The highest BCUT2D eigenvalue weighted by Gasteiger charge is 2.47. The molecule has 1 aromatic heterocycles. The number of carbonyl (C=O) groups excluding carboxylic acids is 1. The van der Waals surface area contributed by atoms with E-state index in [1.54, 1.807) is 29.1 Å². The van der Waals surface area contributed by atoms with Crippen molar-refractivity contribution < 1.29 is 125 Å². The van der Waals surface area contributed by atoms with Gasteiger partial charge in [0.15, 0.2) is 12.4 Å². The summed E-state index contributed by atoms with van der Waals surface area (Å²) in [6, 6.07) is 3.13. The number of aromatic nitrogens is 1. The van der Waals surface area contributed by atoms with E-state index in [0.29, 0.717) is 5.56 Å². The van der Waals surface area contributed by atoms with Gasteiger partial charge < -0.3 is 5.11 Å². The Morgan fingerprint density at radius 1 is 0.347 bits per heavy atom. The summed E-state index contributed by atoms with van der Waals surface area (Å²) < 4.78 is 342. The fourth-order valence-electron chi connectivity index (χ4n) is 7.66. The lowest BCUT2D eigenvalue weighted by Gasteiger charge is -2.46. The molecule has 6 rings (SSSR count). The number of benzene rings is 5. The highest BCUT2D eigenvalue weighted by molar-refractivity contribution is 7.20. The van der Waals surface area contributed by atoms with Crippen molar-refractivity contribution in [2.24, 2.45) is 0 Å². The molecule has 402 valence electrons. The zero-order chi connectivity index (χ0) is 56.9. The number of carboxylic acids is 1. The van der Waals surface area contributed by atoms with Gasteiger partial charge in [0, 0.05) is 17.7 Å². The van der Waals surface area contributed by atoms with Crippen LogP contribution < -0.4 is 26.4 Å². The van der Waals surface area contributed by atoms with Crippen molar-refractivity contribution in [1.29, 1.82) is 0 Å². The summed E-state index contributed by atoms with van der Waals surface area (Å²) in [7, 11) is 0. The summed E-state index contributed by atoms with van der Waals surface area (Å²) in [5, 5.41) is 8.76. The number of Topliss-reactive ketones (excluding diaryl/α,β-unsaturated/α-hetero) is 1. The molecule has 0 bridgehead atoms. The predicted molar refractivity (Wildman–Crippen MR) is 214 cm³/mol. The first-order valence-corrected chi connectivity index (χ1v) is 20.1. The molecule has 6 aromatic rings. The second-order valence-electron chi connectivity index (χ2n) is 16.1. The van der Waals surface area contributed by atoms with Crippen LogP contribution in [0.3, 0.4) is 0 Å². The number of rotatable bonds is 8. The van der Waals surface area contributed by atoms with Gasteiger partial charge in [0.2, 0.25) is 12.3 Å². The Hall–Kier alpha value is -7.23. The second kappa shape index (κ2) is 20.1. The van der Waals surface area contributed by atoms with E-state index in [2.05, 4.69) is 0 Å². The molecule has 4 nitrogen and oxygen atoms in total. The van der Waals surface area contributed by atoms with Crippen molar-refractivity contribution in [2.75, 3.05) is 0 Å². The number of carbonyl (C=O) groups is 2. The molecule has 0 saturated heterocycles. The number of aromatic carboxylic acids is 1. The molecular weight excluding hydrogens is 1080 g/mol. The van der Waals surface area contributed by atoms with E-state index in [9.17, 15) is 115 Å².